The van der Waals surface area contributed by atoms with E-state index < -0.39 is 0 Å². The van der Waals surface area contributed by atoms with Crippen LogP contribution in [0.4, 0.5) is 11.4 Å². The lowest BCUT2D eigenvalue weighted by Crippen LogP contribution is -2.04. The van der Waals surface area contributed by atoms with Gasteiger partial charge in [0.15, 0.2) is 5.69 Å². The standard InChI is InChI=1S/C16H13ClN4O2S/c1-23-11-4-2-3-10(8-11)18-16(24)21-20-14-12-7-9(17)5-6-13(12)19-15(14)22/h2-8,19,22H,1H3,(H,18,24). The predicted molar refractivity (Wildman–Crippen MR) is 98.7 cm³/mol. The number of benzene rings is 2. The molecule has 8 heteroatoms. The molecule has 3 rings (SSSR count). The van der Waals surface area contributed by atoms with Crippen LogP contribution in [0.15, 0.2) is 52.7 Å². The molecule has 0 aliphatic carbocycles. The second-order valence-electron chi connectivity index (χ2n) is 4.87. The zero-order valence-corrected chi connectivity index (χ0v) is 14.1. The monoisotopic (exact) mass is 360 g/mol. The SMILES string of the molecule is COc1cccc(NC(=S)N=Nc2c(O)[nH]c3ccc(Cl)cc23)c1. The quantitative estimate of drug-likeness (QED) is 0.452. The Morgan fingerprint density at radius 1 is 1.29 bits per heavy atom. The molecule has 24 heavy (non-hydrogen) atoms. The second-order valence-corrected chi connectivity index (χ2v) is 5.70. The van der Waals surface area contributed by atoms with Gasteiger partial charge in [-0.2, -0.15) is 0 Å². The first-order valence-electron chi connectivity index (χ1n) is 6.94. The summed E-state index contributed by atoms with van der Waals surface area (Å²) in [5, 5.41) is 22.2. The van der Waals surface area contributed by atoms with Crippen molar-refractivity contribution < 1.29 is 9.84 Å². The van der Waals surface area contributed by atoms with Crippen molar-refractivity contribution in [2.24, 2.45) is 10.2 Å². The van der Waals surface area contributed by atoms with E-state index in [4.69, 9.17) is 28.6 Å². The van der Waals surface area contributed by atoms with Crippen molar-refractivity contribution in [3.63, 3.8) is 0 Å². The third kappa shape index (κ3) is 3.47. The lowest BCUT2D eigenvalue weighted by atomic mass is 10.2. The molecule has 0 saturated heterocycles. The average molecular weight is 361 g/mol. The van der Waals surface area contributed by atoms with E-state index in [9.17, 15) is 5.11 Å². The fourth-order valence-electron chi connectivity index (χ4n) is 2.18. The molecule has 0 spiro atoms. The Morgan fingerprint density at radius 3 is 2.92 bits per heavy atom. The van der Waals surface area contributed by atoms with E-state index in [2.05, 4.69) is 20.5 Å². The molecule has 0 unspecified atom stereocenters. The van der Waals surface area contributed by atoms with E-state index in [1.54, 1.807) is 31.4 Å². The van der Waals surface area contributed by atoms with Crippen LogP contribution < -0.4 is 10.1 Å². The molecule has 1 aromatic heterocycles. The van der Waals surface area contributed by atoms with Gasteiger partial charge in [-0.1, -0.05) is 17.7 Å². The number of H-pyrrole nitrogens is 1. The number of aromatic nitrogens is 1. The Balaban J connectivity index is 1.81. The van der Waals surface area contributed by atoms with E-state index in [0.29, 0.717) is 21.7 Å². The Hall–Kier alpha value is -2.64. The van der Waals surface area contributed by atoms with Crippen molar-refractivity contribution in [1.82, 2.24) is 4.98 Å². The highest BCUT2D eigenvalue weighted by atomic mass is 35.5. The van der Waals surface area contributed by atoms with Gasteiger partial charge in [0, 0.05) is 22.2 Å². The smallest absolute Gasteiger partial charge is 0.218 e. The molecule has 0 radical (unpaired) electrons. The number of ether oxygens (including phenoxy) is 1. The second kappa shape index (κ2) is 6.86. The topological polar surface area (TPSA) is 82.0 Å². The third-order valence-electron chi connectivity index (χ3n) is 3.28. The Bertz CT molecular complexity index is 939. The summed E-state index contributed by atoms with van der Waals surface area (Å²) in [7, 11) is 1.59. The van der Waals surface area contributed by atoms with Gasteiger partial charge >= 0.3 is 0 Å². The number of nitrogens with one attached hydrogen (secondary N) is 2. The normalized spacial score (nSPS) is 11.1. The van der Waals surface area contributed by atoms with E-state index in [1.807, 2.05) is 18.2 Å². The van der Waals surface area contributed by atoms with Crippen LogP contribution >= 0.6 is 23.8 Å². The molecule has 3 aromatic rings. The van der Waals surface area contributed by atoms with Gasteiger partial charge in [-0.05, 0) is 42.5 Å². The summed E-state index contributed by atoms with van der Waals surface area (Å²) in [5.74, 6) is 0.601. The van der Waals surface area contributed by atoms with Gasteiger partial charge in [0.25, 0.3) is 0 Å². The molecule has 0 bridgehead atoms. The largest absolute Gasteiger partial charge is 0.497 e. The molecular formula is C16H13ClN4O2S. The fourth-order valence-corrected chi connectivity index (χ4v) is 2.51. The van der Waals surface area contributed by atoms with E-state index >= 15 is 0 Å². The van der Waals surface area contributed by atoms with Crippen LogP contribution in [0.2, 0.25) is 5.02 Å². The summed E-state index contributed by atoms with van der Waals surface area (Å²) in [6.45, 7) is 0. The van der Waals surface area contributed by atoms with Crippen molar-refractivity contribution in [3.8, 4) is 11.6 Å². The molecule has 0 aliphatic heterocycles. The number of hydrogen-bond acceptors (Lipinski definition) is 4. The number of rotatable bonds is 3. The molecule has 0 fully saturated rings. The number of aromatic hydroxyl groups is 1. The first kappa shape index (κ1) is 16.2. The van der Waals surface area contributed by atoms with Gasteiger partial charge < -0.3 is 20.1 Å². The van der Waals surface area contributed by atoms with Crippen LogP contribution in [0.3, 0.4) is 0 Å². The maximum absolute atomic E-state index is 9.96. The van der Waals surface area contributed by atoms with Crippen LogP contribution in [-0.2, 0) is 0 Å². The number of hydrogen-bond donors (Lipinski definition) is 3. The number of aromatic amines is 1. The van der Waals surface area contributed by atoms with E-state index in [0.717, 1.165) is 5.69 Å². The minimum absolute atomic E-state index is 0.0970. The minimum atomic E-state index is -0.0970. The number of anilines is 1. The zero-order valence-electron chi connectivity index (χ0n) is 12.6. The van der Waals surface area contributed by atoms with Gasteiger partial charge in [0.1, 0.15) is 5.75 Å². The van der Waals surface area contributed by atoms with Gasteiger partial charge in [-0.3, -0.25) is 0 Å². The molecule has 2 aromatic carbocycles. The molecule has 1 heterocycles. The number of azo groups is 1. The van der Waals surface area contributed by atoms with Crippen LogP contribution in [0.1, 0.15) is 0 Å². The summed E-state index contributed by atoms with van der Waals surface area (Å²) in [6.07, 6.45) is 0. The molecular weight excluding hydrogens is 348 g/mol. The Kier molecular flexibility index (Phi) is 4.64. The number of nitrogens with zero attached hydrogens (tertiary/aromatic N) is 2. The van der Waals surface area contributed by atoms with Gasteiger partial charge in [-0.25, -0.2) is 0 Å². The van der Waals surface area contributed by atoms with Crippen molar-refractivity contribution in [2.75, 3.05) is 12.4 Å². The molecule has 6 nitrogen and oxygen atoms in total. The summed E-state index contributed by atoms with van der Waals surface area (Å²) in [4.78, 5) is 2.81. The molecule has 0 amide bonds. The lowest BCUT2D eigenvalue weighted by molar-refractivity contribution is 0.415. The maximum Gasteiger partial charge on any atom is 0.218 e. The highest BCUT2D eigenvalue weighted by molar-refractivity contribution is 7.80. The number of methoxy groups -OCH3 is 1. The van der Waals surface area contributed by atoms with Gasteiger partial charge in [0.2, 0.25) is 11.0 Å². The van der Waals surface area contributed by atoms with Crippen LogP contribution in [-0.4, -0.2) is 22.3 Å². The van der Waals surface area contributed by atoms with Crippen LogP contribution in [0.25, 0.3) is 10.9 Å². The van der Waals surface area contributed by atoms with Crippen LogP contribution in [0.5, 0.6) is 11.6 Å². The number of halogens is 1. The molecule has 3 N–H and O–H groups in total. The Labute approximate surface area is 148 Å². The molecule has 0 atom stereocenters. The van der Waals surface area contributed by atoms with Gasteiger partial charge in [-0.15, -0.1) is 10.2 Å². The van der Waals surface area contributed by atoms with Crippen LogP contribution in [0, 0.1) is 0 Å². The predicted octanol–water partition coefficient (Wildman–Crippen LogP) is 5.02. The number of thiocarbonyl (C=S) groups is 1. The van der Waals surface area contributed by atoms with Crippen molar-refractivity contribution in [2.45, 2.75) is 0 Å². The highest BCUT2D eigenvalue weighted by Crippen LogP contribution is 2.36. The van der Waals surface area contributed by atoms with E-state index in [1.165, 1.54) is 0 Å². The average Bonchev–Trinajstić information content (AvgIpc) is 2.88. The molecule has 0 aliphatic rings. The third-order valence-corrected chi connectivity index (χ3v) is 3.69. The summed E-state index contributed by atoms with van der Waals surface area (Å²) in [5.41, 5.74) is 1.71. The van der Waals surface area contributed by atoms with Crippen molar-refractivity contribution in [3.05, 3.63) is 47.5 Å². The lowest BCUT2D eigenvalue weighted by Gasteiger charge is -2.05. The van der Waals surface area contributed by atoms with Crippen molar-refractivity contribution >= 4 is 51.2 Å². The summed E-state index contributed by atoms with van der Waals surface area (Å²) in [6, 6.07) is 12.4. The highest BCUT2D eigenvalue weighted by Gasteiger charge is 2.11. The molecule has 122 valence electrons. The van der Waals surface area contributed by atoms with Crippen molar-refractivity contribution in [1.29, 1.82) is 0 Å². The van der Waals surface area contributed by atoms with E-state index in [-0.39, 0.29) is 16.7 Å². The number of fused-ring (bicyclic) bond motifs is 1. The van der Waals surface area contributed by atoms with Gasteiger partial charge in [0.05, 0.1) is 12.6 Å². The minimum Gasteiger partial charge on any atom is -0.497 e. The zero-order chi connectivity index (χ0) is 17.1. The first-order valence-corrected chi connectivity index (χ1v) is 7.72. The maximum atomic E-state index is 9.96. The first-order chi connectivity index (χ1) is 11.6. The fraction of sp³-hybridized carbons (Fsp3) is 0.0625. The Morgan fingerprint density at radius 2 is 2.12 bits per heavy atom. The summed E-state index contributed by atoms with van der Waals surface area (Å²) >= 11 is 11.1. The summed E-state index contributed by atoms with van der Waals surface area (Å²) < 4.78 is 5.14. The molecule has 0 saturated carbocycles.